The summed E-state index contributed by atoms with van der Waals surface area (Å²) in [5.74, 6) is 1.70. The third kappa shape index (κ3) is 2.70. The molecule has 0 aromatic heterocycles. The zero-order valence-corrected chi connectivity index (χ0v) is 11.4. The van der Waals surface area contributed by atoms with Gasteiger partial charge in [-0.25, -0.2) is 0 Å². The van der Waals surface area contributed by atoms with E-state index in [2.05, 4.69) is 0 Å². The number of aliphatic hydroxyl groups excluding tert-OH is 1. The number of Topliss-reactive ketones (excluding diaryl/α,β-unsaturated/α-hetero) is 1. The lowest BCUT2D eigenvalue weighted by Gasteiger charge is -2.33. The summed E-state index contributed by atoms with van der Waals surface area (Å²) in [6, 6.07) is 0. The van der Waals surface area contributed by atoms with Gasteiger partial charge in [-0.05, 0) is 30.9 Å². The standard InChI is InChI=1S/C16H22O3/c17-13-7-8-15-12(9-13)10-14(18)16(19-15)11-5-3-1-2-4-6-11/h10-11,15,18H,1-9H2/t15-/m0/s1. The number of ether oxygens (including phenoxy) is 1. The lowest BCUT2D eigenvalue weighted by molar-refractivity contribution is -0.120. The van der Waals surface area contributed by atoms with Gasteiger partial charge in [-0.3, -0.25) is 4.79 Å². The summed E-state index contributed by atoms with van der Waals surface area (Å²) >= 11 is 0. The minimum atomic E-state index is 0.0341. The summed E-state index contributed by atoms with van der Waals surface area (Å²) in [5, 5.41) is 10.2. The Kier molecular flexibility index (Phi) is 3.63. The van der Waals surface area contributed by atoms with E-state index >= 15 is 0 Å². The molecule has 3 rings (SSSR count). The van der Waals surface area contributed by atoms with Crippen molar-refractivity contribution in [3.63, 3.8) is 0 Å². The normalized spacial score (nSPS) is 29.4. The van der Waals surface area contributed by atoms with Gasteiger partial charge in [-0.1, -0.05) is 25.7 Å². The highest BCUT2D eigenvalue weighted by molar-refractivity contribution is 5.82. The van der Waals surface area contributed by atoms with Crippen molar-refractivity contribution in [2.75, 3.05) is 0 Å². The average molecular weight is 262 g/mol. The molecule has 1 heterocycles. The van der Waals surface area contributed by atoms with Crippen LogP contribution in [0.15, 0.2) is 23.2 Å². The first-order valence-electron chi connectivity index (χ1n) is 7.56. The number of aliphatic hydroxyl groups is 1. The highest BCUT2D eigenvalue weighted by Crippen LogP contribution is 2.38. The fourth-order valence-corrected chi connectivity index (χ4v) is 3.49. The fraction of sp³-hybridized carbons (Fsp3) is 0.688. The molecule has 0 saturated heterocycles. The van der Waals surface area contributed by atoms with Crippen LogP contribution in [-0.2, 0) is 9.53 Å². The third-order valence-corrected chi connectivity index (χ3v) is 4.57. The van der Waals surface area contributed by atoms with Gasteiger partial charge < -0.3 is 9.84 Å². The second-order valence-electron chi connectivity index (χ2n) is 6.02. The van der Waals surface area contributed by atoms with E-state index in [4.69, 9.17) is 4.74 Å². The first kappa shape index (κ1) is 12.8. The van der Waals surface area contributed by atoms with E-state index in [0.717, 1.165) is 30.6 Å². The minimum Gasteiger partial charge on any atom is -0.504 e. The third-order valence-electron chi connectivity index (χ3n) is 4.57. The fourth-order valence-electron chi connectivity index (χ4n) is 3.49. The first-order chi connectivity index (χ1) is 9.24. The number of fused-ring (bicyclic) bond motifs is 1. The van der Waals surface area contributed by atoms with Gasteiger partial charge in [-0.15, -0.1) is 0 Å². The Morgan fingerprint density at radius 2 is 1.84 bits per heavy atom. The van der Waals surface area contributed by atoms with Crippen LogP contribution in [0.5, 0.6) is 0 Å². The molecule has 3 aliphatic rings. The van der Waals surface area contributed by atoms with Crippen LogP contribution in [-0.4, -0.2) is 17.0 Å². The number of hydrogen-bond donors (Lipinski definition) is 1. The lowest BCUT2D eigenvalue weighted by Crippen LogP contribution is -2.29. The Bertz CT molecular complexity index is 425. The highest BCUT2D eigenvalue weighted by atomic mass is 16.5. The maximum absolute atomic E-state index is 11.5. The Morgan fingerprint density at radius 3 is 2.58 bits per heavy atom. The van der Waals surface area contributed by atoms with Gasteiger partial charge in [0.1, 0.15) is 17.6 Å². The summed E-state index contributed by atoms with van der Waals surface area (Å²) in [6.07, 6.45) is 10.9. The van der Waals surface area contributed by atoms with E-state index < -0.39 is 0 Å². The van der Waals surface area contributed by atoms with Crippen LogP contribution in [0.1, 0.15) is 57.8 Å². The predicted molar refractivity (Wildman–Crippen MR) is 72.7 cm³/mol. The summed E-state index contributed by atoms with van der Waals surface area (Å²) in [7, 11) is 0. The predicted octanol–water partition coefficient (Wildman–Crippen LogP) is 3.80. The van der Waals surface area contributed by atoms with Gasteiger partial charge in [0.2, 0.25) is 0 Å². The Morgan fingerprint density at radius 1 is 1.11 bits per heavy atom. The van der Waals surface area contributed by atoms with Gasteiger partial charge >= 0.3 is 0 Å². The summed E-state index contributed by atoms with van der Waals surface area (Å²) < 4.78 is 6.06. The van der Waals surface area contributed by atoms with Gasteiger partial charge in [0.05, 0.1) is 0 Å². The molecule has 2 aliphatic carbocycles. The van der Waals surface area contributed by atoms with Crippen LogP contribution >= 0.6 is 0 Å². The van der Waals surface area contributed by atoms with Crippen LogP contribution in [0.2, 0.25) is 0 Å². The summed E-state index contributed by atoms with van der Waals surface area (Å²) in [6.45, 7) is 0. The molecule has 3 heteroatoms. The zero-order chi connectivity index (χ0) is 13.2. The van der Waals surface area contributed by atoms with E-state index in [9.17, 15) is 9.90 Å². The largest absolute Gasteiger partial charge is 0.504 e. The first-order valence-corrected chi connectivity index (χ1v) is 7.56. The average Bonchev–Trinajstić information content (AvgIpc) is 2.66. The summed E-state index contributed by atoms with van der Waals surface area (Å²) in [4.78, 5) is 11.5. The second-order valence-corrected chi connectivity index (χ2v) is 6.02. The molecular weight excluding hydrogens is 240 g/mol. The molecule has 0 aromatic rings. The van der Waals surface area contributed by atoms with Crippen LogP contribution in [0, 0.1) is 5.92 Å². The topological polar surface area (TPSA) is 46.5 Å². The number of hydrogen-bond acceptors (Lipinski definition) is 3. The lowest BCUT2D eigenvalue weighted by atomic mass is 9.87. The molecule has 1 aliphatic heterocycles. The Balaban J connectivity index is 1.80. The SMILES string of the molecule is O=C1CC[C@@H]2OC(C3CCCCCC3)=C(O)C=C2C1. The molecule has 104 valence electrons. The molecular formula is C16H22O3. The Labute approximate surface area is 114 Å². The maximum Gasteiger partial charge on any atom is 0.153 e. The zero-order valence-electron chi connectivity index (χ0n) is 11.4. The van der Waals surface area contributed by atoms with Crippen LogP contribution in [0.25, 0.3) is 0 Å². The highest BCUT2D eigenvalue weighted by Gasteiger charge is 2.33. The number of ketones is 1. The number of carbonyl (C=O) groups is 1. The maximum atomic E-state index is 11.5. The molecule has 2 fully saturated rings. The quantitative estimate of drug-likeness (QED) is 0.731. The molecule has 1 atom stereocenters. The molecule has 0 radical (unpaired) electrons. The number of carbonyl (C=O) groups excluding carboxylic acids is 1. The van der Waals surface area contributed by atoms with Gasteiger partial charge in [0, 0.05) is 18.8 Å². The van der Waals surface area contributed by atoms with Crippen molar-refractivity contribution in [1.29, 1.82) is 0 Å². The molecule has 0 amide bonds. The molecule has 0 unspecified atom stereocenters. The minimum absolute atomic E-state index is 0.0341. The van der Waals surface area contributed by atoms with Crippen LogP contribution < -0.4 is 0 Å². The monoisotopic (exact) mass is 262 g/mol. The van der Waals surface area contributed by atoms with E-state index in [-0.39, 0.29) is 17.6 Å². The number of rotatable bonds is 1. The van der Waals surface area contributed by atoms with Crippen molar-refractivity contribution >= 4 is 5.78 Å². The van der Waals surface area contributed by atoms with E-state index in [1.165, 1.54) is 25.7 Å². The van der Waals surface area contributed by atoms with Gasteiger partial charge in [0.15, 0.2) is 5.76 Å². The number of allylic oxidation sites excluding steroid dienone is 2. The van der Waals surface area contributed by atoms with E-state index in [1.807, 2.05) is 0 Å². The van der Waals surface area contributed by atoms with E-state index in [0.29, 0.717) is 18.8 Å². The molecule has 2 saturated carbocycles. The van der Waals surface area contributed by atoms with Crippen molar-refractivity contribution in [3.05, 3.63) is 23.2 Å². The molecule has 0 bridgehead atoms. The van der Waals surface area contributed by atoms with Crippen molar-refractivity contribution in [2.24, 2.45) is 5.92 Å². The second kappa shape index (κ2) is 5.40. The smallest absolute Gasteiger partial charge is 0.153 e. The summed E-state index contributed by atoms with van der Waals surface area (Å²) in [5.41, 5.74) is 0.964. The molecule has 1 N–H and O–H groups in total. The van der Waals surface area contributed by atoms with Crippen molar-refractivity contribution in [2.45, 2.75) is 63.9 Å². The van der Waals surface area contributed by atoms with Crippen molar-refractivity contribution < 1.29 is 14.6 Å². The van der Waals surface area contributed by atoms with Crippen molar-refractivity contribution in [3.8, 4) is 0 Å². The molecule has 0 spiro atoms. The molecule has 3 nitrogen and oxygen atoms in total. The van der Waals surface area contributed by atoms with Crippen LogP contribution in [0.4, 0.5) is 0 Å². The van der Waals surface area contributed by atoms with Crippen molar-refractivity contribution in [1.82, 2.24) is 0 Å². The molecule has 19 heavy (non-hydrogen) atoms. The molecule has 0 aromatic carbocycles. The van der Waals surface area contributed by atoms with E-state index in [1.54, 1.807) is 6.08 Å². The van der Waals surface area contributed by atoms with Gasteiger partial charge in [-0.2, -0.15) is 0 Å². The Hall–Kier alpha value is -1.25. The van der Waals surface area contributed by atoms with Gasteiger partial charge in [0.25, 0.3) is 0 Å². The van der Waals surface area contributed by atoms with Crippen LogP contribution in [0.3, 0.4) is 0 Å².